The van der Waals surface area contributed by atoms with Gasteiger partial charge in [0.25, 0.3) is 0 Å². The summed E-state index contributed by atoms with van der Waals surface area (Å²) in [6.07, 6.45) is -1.30. The van der Waals surface area contributed by atoms with Crippen molar-refractivity contribution in [1.82, 2.24) is 55.6 Å². The molecule has 2 aliphatic heterocycles. The molecule has 5 N–H and O–H groups in total. The predicted molar refractivity (Wildman–Crippen MR) is 319 cm³/mol. The fourth-order valence-electron chi connectivity index (χ4n) is 11.0. The second kappa shape index (κ2) is 32.6. The summed E-state index contributed by atoms with van der Waals surface area (Å²) in [5, 5.41) is 22.0. The summed E-state index contributed by atoms with van der Waals surface area (Å²) in [5.74, 6) is -9.55. The minimum atomic E-state index is -1.65. The maximum atomic E-state index is 15.1. The first-order valence-electron chi connectivity index (χ1n) is 30.1. The van der Waals surface area contributed by atoms with Crippen LogP contribution in [0.15, 0.2) is 0 Å². The number of carbonyl (C=O) groups is 11. The predicted octanol–water partition coefficient (Wildman–Crippen LogP) is 1.70. The molecule has 0 saturated carbocycles. The van der Waals surface area contributed by atoms with E-state index in [1.807, 2.05) is 62.3 Å². The number of amides is 11. The van der Waals surface area contributed by atoms with Crippen molar-refractivity contribution in [3.63, 3.8) is 0 Å². The zero-order valence-electron chi connectivity index (χ0n) is 54.9. The summed E-state index contributed by atoms with van der Waals surface area (Å²) >= 11 is 0. The van der Waals surface area contributed by atoms with Crippen LogP contribution >= 0.6 is 0 Å². The highest BCUT2D eigenvalue weighted by Crippen LogP contribution is 2.29. The Morgan fingerprint density at radius 1 is 0.440 bits per heavy atom. The molecule has 0 unspecified atom stereocenters. The molecule has 0 spiro atoms. The Balaban J connectivity index is 2.95. The van der Waals surface area contributed by atoms with Crippen LogP contribution in [0.2, 0.25) is 0 Å². The third-order valence-corrected chi connectivity index (χ3v) is 16.2. The Labute approximate surface area is 500 Å². The van der Waals surface area contributed by atoms with E-state index in [0.29, 0.717) is 6.42 Å². The molecule has 11 amide bonds. The van der Waals surface area contributed by atoms with Crippen molar-refractivity contribution in [3.8, 4) is 0 Å². The quantitative estimate of drug-likeness (QED) is 0.186. The van der Waals surface area contributed by atoms with E-state index < -0.39 is 156 Å². The van der Waals surface area contributed by atoms with Gasteiger partial charge in [-0.2, -0.15) is 0 Å². The van der Waals surface area contributed by atoms with Gasteiger partial charge < -0.3 is 65.4 Å². The minimum absolute atomic E-state index is 0.134. The van der Waals surface area contributed by atoms with E-state index in [4.69, 9.17) is 4.74 Å². The number of aliphatic hydroxyl groups is 1. The molecule has 0 aromatic heterocycles. The first-order valence-corrected chi connectivity index (χ1v) is 30.1. The van der Waals surface area contributed by atoms with Gasteiger partial charge in [0.05, 0.1) is 18.8 Å². The van der Waals surface area contributed by atoms with Crippen molar-refractivity contribution >= 4 is 65.0 Å². The van der Waals surface area contributed by atoms with Crippen LogP contribution in [0.3, 0.4) is 0 Å². The van der Waals surface area contributed by atoms with E-state index in [2.05, 4.69) is 21.3 Å². The van der Waals surface area contributed by atoms with Gasteiger partial charge in [0.1, 0.15) is 60.4 Å². The van der Waals surface area contributed by atoms with Crippen LogP contribution in [0.4, 0.5) is 0 Å². The van der Waals surface area contributed by atoms with E-state index >= 15 is 9.59 Å². The molecule has 0 bridgehead atoms. The Hall–Kier alpha value is -5.91. The van der Waals surface area contributed by atoms with Gasteiger partial charge in [-0.25, -0.2) is 0 Å². The molecular weight excluding hydrogens is 1080 g/mol. The Morgan fingerprint density at radius 3 is 1.30 bits per heavy atom. The first-order chi connectivity index (χ1) is 38.7. The van der Waals surface area contributed by atoms with Gasteiger partial charge in [-0.1, -0.05) is 90.0 Å². The lowest BCUT2D eigenvalue weighted by Gasteiger charge is -2.41. The number of hydrogen-bond acceptors (Lipinski definition) is 13. The number of rotatable bonds is 12. The molecule has 2 heterocycles. The van der Waals surface area contributed by atoms with E-state index in [-0.39, 0.29) is 61.9 Å². The van der Waals surface area contributed by atoms with Gasteiger partial charge in [-0.15, -0.1) is 0 Å². The van der Waals surface area contributed by atoms with Crippen molar-refractivity contribution in [2.24, 2.45) is 41.4 Å². The highest BCUT2D eigenvalue weighted by atomic mass is 16.5. The summed E-state index contributed by atoms with van der Waals surface area (Å²) in [6.45, 7) is 27.5. The molecule has 0 aliphatic carbocycles. The molecule has 0 radical (unpaired) electrons. The summed E-state index contributed by atoms with van der Waals surface area (Å²) in [7, 11) is 9.89. The average molecular weight is 1190 g/mol. The Kier molecular flexibility index (Phi) is 28.8. The third-order valence-electron chi connectivity index (χ3n) is 16.2. The van der Waals surface area contributed by atoms with Crippen molar-refractivity contribution < 1.29 is 62.6 Å². The molecule has 0 aromatic carbocycles. The largest absolute Gasteiger partial charge is 0.391 e. The van der Waals surface area contributed by atoms with Gasteiger partial charge in [-0.05, 0) is 94.3 Å². The number of ether oxygens (including phenoxy) is 1. The molecule has 2 aliphatic rings. The Bertz CT molecular complexity index is 2310. The highest BCUT2D eigenvalue weighted by Gasteiger charge is 2.47. The number of carbonyl (C=O) groups excluding carboxylic acids is 11. The number of likely N-dealkylation sites (N-methyl/N-ethyl adjacent to an activating group) is 7. The molecule has 480 valence electrons. The Morgan fingerprint density at radius 2 is 0.857 bits per heavy atom. The van der Waals surface area contributed by atoms with Gasteiger partial charge in [0, 0.05) is 55.9 Å². The van der Waals surface area contributed by atoms with Crippen molar-refractivity contribution in [2.45, 2.75) is 216 Å². The summed E-state index contributed by atoms with van der Waals surface area (Å²) in [5.41, 5.74) is 0. The molecule has 0 aromatic rings. The maximum Gasteiger partial charge on any atom is 0.248 e. The zero-order chi connectivity index (χ0) is 64.8. The number of nitrogens with one attached hydrogen (secondary N) is 4. The van der Waals surface area contributed by atoms with E-state index in [1.54, 1.807) is 27.7 Å². The number of hydrogen-bond donors (Lipinski definition) is 5. The van der Waals surface area contributed by atoms with Crippen LogP contribution < -0.4 is 21.3 Å². The lowest BCUT2D eigenvalue weighted by atomic mass is 9.93. The average Bonchev–Trinajstić information content (AvgIpc) is 4.02. The monoisotopic (exact) mass is 1190 g/mol. The smallest absolute Gasteiger partial charge is 0.248 e. The topological polar surface area (TPSA) is 288 Å². The fourth-order valence-corrected chi connectivity index (χ4v) is 11.0. The lowest BCUT2D eigenvalue weighted by Crippen LogP contribution is -2.64. The summed E-state index contributed by atoms with van der Waals surface area (Å²) in [6, 6.07) is -12.5. The molecule has 24 nitrogen and oxygen atoms in total. The van der Waals surface area contributed by atoms with Crippen molar-refractivity contribution in [1.29, 1.82) is 0 Å². The standard InChI is InChI=1S/C60H107N11O13/c1-31(2)26-41-53(76)63-46(35(9)10)59(82)67(19)42(27-32(3)4)52(75)61-38(14)51(74)62-39(15)55(78)68(20)43(28-33(5)6)56(79)69(21)44(29-34(7)8)57(80)70(22)48(36(11)12)60(83)71(23)49(50-37(13)24-25-84-50)54(77)64-47(40(16)72)58(81)65(17)30-45(73)66(41)18/h31-44,46-50,72H,24-30H2,1-23H3,(H,61,75)(H,62,74)(H,63,76)(H,64,77)/t37-,38+,39-,40-,41+,42+,43+,44+,46+,47+,48+,49+,50-/m1/s1. The number of aliphatic hydroxyl groups excluding tert-OH is 1. The summed E-state index contributed by atoms with van der Waals surface area (Å²) in [4.78, 5) is 169. The molecular formula is C60H107N11O13. The third kappa shape index (κ3) is 19.6. The lowest BCUT2D eigenvalue weighted by molar-refractivity contribution is -0.157. The van der Waals surface area contributed by atoms with Gasteiger partial charge in [0.15, 0.2) is 0 Å². The molecule has 2 saturated heterocycles. The van der Waals surface area contributed by atoms with Crippen LogP contribution in [-0.2, 0) is 57.5 Å². The maximum absolute atomic E-state index is 15.1. The molecule has 13 atom stereocenters. The molecule has 2 rings (SSSR count). The zero-order valence-corrected chi connectivity index (χ0v) is 54.9. The normalized spacial score (nSPS) is 29.3. The SMILES string of the molecule is CC(C)C[C@H]1C(=O)N[C@@H](C(C)C)C(=O)N(C)[C@@H](CC(C)C)C(=O)N[C@@H](C)C(=O)N[C@H](C)C(=O)N(C)[C@@H](CC(C)C)C(=O)N(C)[C@@H](CC(C)C)C(=O)N(C)[C@@H](C(C)C)C(=O)N(C)[C@@H]([C@@H]2OCC[C@H]2C)C(=O)N[C@@H]([C@@H](C)O)C(=O)N(C)CC(=O)N1C. The minimum Gasteiger partial charge on any atom is -0.391 e. The van der Waals surface area contributed by atoms with Crippen molar-refractivity contribution in [3.05, 3.63) is 0 Å². The van der Waals surface area contributed by atoms with E-state index in [1.165, 1.54) is 99.5 Å². The van der Waals surface area contributed by atoms with Gasteiger partial charge >= 0.3 is 0 Å². The molecule has 24 heteroatoms. The van der Waals surface area contributed by atoms with E-state index in [9.17, 15) is 48.3 Å². The van der Waals surface area contributed by atoms with Crippen LogP contribution in [0.5, 0.6) is 0 Å². The van der Waals surface area contributed by atoms with E-state index in [0.717, 1.165) is 4.90 Å². The van der Waals surface area contributed by atoms with Crippen LogP contribution in [0, 0.1) is 41.4 Å². The van der Waals surface area contributed by atoms with Crippen LogP contribution in [0.25, 0.3) is 0 Å². The second-order valence-corrected chi connectivity index (χ2v) is 26.2. The molecule has 84 heavy (non-hydrogen) atoms. The fraction of sp³-hybridized carbons (Fsp3) is 0.817. The number of nitrogens with zero attached hydrogens (tertiary/aromatic N) is 7. The first kappa shape index (κ1) is 74.2. The van der Waals surface area contributed by atoms with Crippen LogP contribution in [0.1, 0.15) is 143 Å². The highest BCUT2D eigenvalue weighted by molar-refractivity contribution is 5.99. The summed E-state index contributed by atoms with van der Waals surface area (Å²) < 4.78 is 6.12. The van der Waals surface area contributed by atoms with Crippen LogP contribution in [-0.4, -0.2) is 239 Å². The van der Waals surface area contributed by atoms with Crippen molar-refractivity contribution in [2.75, 3.05) is 62.5 Å². The molecule has 2 fully saturated rings. The second-order valence-electron chi connectivity index (χ2n) is 26.2. The van der Waals surface area contributed by atoms with Gasteiger partial charge in [-0.3, -0.25) is 52.7 Å². The van der Waals surface area contributed by atoms with Gasteiger partial charge in [0.2, 0.25) is 65.0 Å².